The minimum Gasteiger partial charge on any atom is -0.494 e. The summed E-state index contributed by atoms with van der Waals surface area (Å²) in [6.07, 6.45) is -4.79. The molecule has 3 aromatic carbocycles. The van der Waals surface area contributed by atoms with Crippen LogP contribution in [0.15, 0.2) is 77.5 Å². The molecule has 0 radical (unpaired) electrons. The summed E-state index contributed by atoms with van der Waals surface area (Å²) < 4.78 is 44.5. The summed E-state index contributed by atoms with van der Waals surface area (Å²) in [4.78, 5) is 39.0. The first-order valence-corrected chi connectivity index (χ1v) is 12.3. The highest BCUT2D eigenvalue weighted by atomic mass is 35.5. The minimum atomic E-state index is -4.66. The lowest BCUT2D eigenvalue weighted by Crippen LogP contribution is -2.32. The average Bonchev–Trinajstić information content (AvgIpc) is 3.09. The maximum atomic E-state index is 13.1. The molecule has 0 atom stereocenters. The van der Waals surface area contributed by atoms with Crippen LogP contribution in [0.4, 0.5) is 30.2 Å². The van der Waals surface area contributed by atoms with Crippen LogP contribution in [0.3, 0.4) is 0 Å². The van der Waals surface area contributed by atoms with Crippen molar-refractivity contribution in [2.75, 3.05) is 22.1 Å². The fourth-order valence-electron chi connectivity index (χ4n) is 3.77. The molecule has 0 fully saturated rings. The Morgan fingerprint density at radius 2 is 1.56 bits per heavy atom. The zero-order valence-corrected chi connectivity index (χ0v) is 21.7. The predicted molar refractivity (Wildman–Crippen MR) is 142 cm³/mol. The summed E-state index contributed by atoms with van der Waals surface area (Å²) in [5.41, 5.74) is 0.101. The molecule has 202 valence electrons. The number of halogens is 5. The molecule has 1 aliphatic heterocycles. The van der Waals surface area contributed by atoms with Crippen molar-refractivity contribution in [1.82, 2.24) is 0 Å². The van der Waals surface area contributed by atoms with E-state index >= 15 is 0 Å². The van der Waals surface area contributed by atoms with Crippen molar-refractivity contribution in [3.05, 3.63) is 93.6 Å². The first kappa shape index (κ1) is 28.0. The summed E-state index contributed by atoms with van der Waals surface area (Å²) in [5, 5.41) is 4.51. The van der Waals surface area contributed by atoms with Gasteiger partial charge < -0.3 is 15.4 Å². The minimum absolute atomic E-state index is 0.0434. The number of hydrogen-bond acceptors (Lipinski definition) is 5. The lowest BCUT2D eigenvalue weighted by atomic mass is 10.1. The van der Waals surface area contributed by atoms with Gasteiger partial charge in [0.15, 0.2) is 0 Å². The first-order chi connectivity index (χ1) is 18.5. The monoisotopic (exact) mass is 577 g/mol. The molecular weight excluding hydrogens is 558 g/mol. The zero-order chi connectivity index (χ0) is 28.3. The van der Waals surface area contributed by atoms with Crippen LogP contribution in [0.2, 0.25) is 5.02 Å². The summed E-state index contributed by atoms with van der Waals surface area (Å²) in [7, 11) is 0. The maximum Gasteiger partial charge on any atom is 0.417 e. The smallest absolute Gasteiger partial charge is 0.417 e. The third-order valence-electron chi connectivity index (χ3n) is 5.58. The number of carbonyl (C=O) groups excluding carboxylic acids is 3. The van der Waals surface area contributed by atoms with E-state index < -0.39 is 34.5 Å². The van der Waals surface area contributed by atoms with Gasteiger partial charge in [-0.1, -0.05) is 35.3 Å². The number of amides is 3. The Labute approximate surface area is 231 Å². The molecule has 0 unspecified atom stereocenters. The Hall–Kier alpha value is -4.02. The standard InChI is InChI=1S/C27H20Cl2F3N3O4/c1-2-39-19-10-8-18(9-11-19)35-25(37)23(29)24(26(35)38)34-16-5-3-15(4-6-16)13-22(36)33-17-7-12-21(28)20(14-17)27(30,31)32/h3-12,14,34H,2,13H2,1H3,(H,33,36). The van der Waals surface area contributed by atoms with Crippen molar-refractivity contribution >= 4 is 58.0 Å². The van der Waals surface area contributed by atoms with Crippen LogP contribution < -0.4 is 20.3 Å². The summed E-state index contributed by atoms with van der Waals surface area (Å²) >= 11 is 11.8. The molecule has 0 bridgehead atoms. The van der Waals surface area contributed by atoms with E-state index in [0.29, 0.717) is 29.3 Å². The molecule has 1 aliphatic rings. The molecule has 3 aromatic rings. The molecule has 39 heavy (non-hydrogen) atoms. The Bertz CT molecular complexity index is 1460. The van der Waals surface area contributed by atoms with Crippen molar-refractivity contribution in [3.63, 3.8) is 0 Å². The molecule has 0 spiro atoms. The Morgan fingerprint density at radius 1 is 0.923 bits per heavy atom. The van der Waals surface area contributed by atoms with E-state index in [9.17, 15) is 27.6 Å². The fraction of sp³-hybridized carbons (Fsp3) is 0.148. The normalized spacial score (nSPS) is 13.6. The highest BCUT2D eigenvalue weighted by Crippen LogP contribution is 2.36. The van der Waals surface area contributed by atoms with Gasteiger partial charge in [0.25, 0.3) is 11.8 Å². The first-order valence-electron chi connectivity index (χ1n) is 11.5. The second-order valence-electron chi connectivity index (χ2n) is 8.30. The predicted octanol–water partition coefficient (Wildman–Crippen LogP) is 6.37. The van der Waals surface area contributed by atoms with Crippen LogP contribution in [-0.4, -0.2) is 24.3 Å². The molecule has 0 saturated carbocycles. The van der Waals surface area contributed by atoms with Gasteiger partial charge in [-0.2, -0.15) is 13.2 Å². The van der Waals surface area contributed by atoms with Crippen LogP contribution in [0.1, 0.15) is 18.1 Å². The van der Waals surface area contributed by atoms with Crippen molar-refractivity contribution in [3.8, 4) is 5.75 Å². The number of anilines is 3. The van der Waals surface area contributed by atoms with Crippen LogP contribution in [0, 0.1) is 0 Å². The molecule has 2 N–H and O–H groups in total. The number of ether oxygens (including phenoxy) is 1. The van der Waals surface area contributed by atoms with E-state index in [-0.39, 0.29) is 22.8 Å². The van der Waals surface area contributed by atoms with E-state index in [4.69, 9.17) is 27.9 Å². The van der Waals surface area contributed by atoms with Crippen LogP contribution in [0.5, 0.6) is 5.75 Å². The zero-order valence-electron chi connectivity index (χ0n) is 20.2. The number of alkyl halides is 3. The molecule has 12 heteroatoms. The highest BCUT2D eigenvalue weighted by Gasteiger charge is 2.39. The average molecular weight is 578 g/mol. The van der Waals surface area contributed by atoms with Gasteiger partial charge in [-0.15, -0.1) is 0 Å². The highest BCUT2D eigenvalue weighted by molar-refractivity contribution is 6.53. The van der Waals surface area contributed by atoms with E-state index in [1.807, 2.05) is 6.92 Å². The number of carbonyl (C=O) groups is 3. The molecule has 0 aliphatic carbocycles. The lowest BCUT2D eigenvalue weighted by molar-refractivity contribution is -0.137. The summed E-state index contributed by atoms with van der Waals surface area (Å²) in [5.74, 6) is -1.28. The molecule has 7 nitrogen and oxygen atoms in total. The quantitative estimate of drug-likeness (QED) is 0.303. The van der Waals surface area contributed by atoms with Crippen molar-refractivity contribution < 1.29 is 32.3 Å². The second kappa shape index (κ2) is 11.4. The van der Waals surface area contributed by atoms with Crippen molar-refractivity contribution in [2.24, 2.45) is 0 Å². The molecular formula is C27H20Cl2F3N3O4. The third-order valence-corrected chi connectivity index (χ3v) is 6.26. The largest absolute Gasteiger partial charge is 0.494 e. The molecule has 3 amide bonds. The topological polar surface area (TPSA) is 87.7 Å². The number of hydrogen-bond donors (Lipinski definition) is 2. The SMILES string of the molecule is CCOc1ccc(N2C(=O)C(Cl)=C(Nc3ccc(CC(=O)Nc4ccc(Cl)c(C(F)(F)F)c4)cc3)C2=O)cc1. The van der Waals surface area contributed by atoms with E-state index in [2.05, 4.69) is 10.6 Å². The van der Waals surface area contributed by atoms with Crippen LogP contribution in [0.25, 0.3) is 0 Å². The van der Waals surface area contributed by atoms with Gasteiger partial charge in [-0.05, 0) is 67.1 Å². The Balaban J connectivity index is 1.40. The van der Waals surface area contributed by atoms with Gasteiger partial charge in [0, 0.05) is 11.4 Å². The van der Waals surface area contributed by atoms with Crippen LogP contribution in [-0.2, 0) is 27.0 Å². The van der Waals surface area contributed by atoms with E-state index in [1.165, 1.54) is 6.07 Å². The third kappa shape index (κ3) is 6.35. The van der Waals surface area contributed by atoms with Crippen molar-refractivity contribution in [1.29, 1.82) is 0 Å². The molecule has 0 saturated heterocycles. The molecule has 1 heterocycles. The Morgan fingerprint density at radius 3 is 2.18 bits per heavy atom. The van der Waals surface area contributed by atoms with Gasteiger partial charge in [-0.25, -0.2) is 4.90 Å². The fourth-order valence-corrected chi connectivity index (χ4v) is 4.20. The molecule has 4 rings (SSSR count). The van der Waals surface area contributed by atoms with Gasteiger partial charge >= 0.3 is 6.18 Å². The number of nitrogens with one attached hydrogen (secondary N) is 2. The molecule has 0 aromatic heterocycles. The van der Waals surface area contributed by atoms with Crippen molar-refractivity contribution in [2.45, 2.75) is 19.5 Å². The van der Waals surface area contributed by atoms with Gasteiger partial charge in [0.1, 0.15) is 16.5 Å². The van der Waals surface area contributed by atoms with Gasteiger partial charge in [0.05, 0.1) is 29.3 Å². The number of rotatable bonds is 8. The van der Waals surface area contributed by atoms with Gasteiger partial charge in [-0.3, -0.25) is 14.4 Å². The summed E-state index contributed by atoms with van der Waals surface area (Å²) in [6, 6.07) is 15.8. The summed E-state index contributed by atoms with van der Waals surface area (Å²) in [6.45, 7) is 2.30. The maximum absolute atomic E-state index is 13.1. The number of nitrogens with zero attached hydrogens (tertiary/aromatic N) is 1. The van der Waals surface area contributed by atoms with Gasteiger partial charge in [0.2, 0.25) is 5.91 Å². The van der Waals surface area contributed by atoms with E-state index in [1.54, 1.807) is 48.5 Å². The number of imide groups is 1. The van der Waals surface area contributed by atoms with E-state index in [0.717, 1.165) is 17.0 Å². The second-order valence-corrected chi connectivity index (χ2v) is 9.09. The lowest BCUT2D eigenvalue weighted by Gasteiger charge is -2.15. The Kier molecular flexibility index (Phi) is 8.17. The van der Waals surface area contributed by atoms with Crippen LogP contribution >= 0.6 is 23.2 Å². The number of benzene rings is 3.